The maximum absolute atomic E-state index is 10.7. The lowest BCUT2D eigenvalue weighted by atomic mass is 10.3. The zero-order chi connectivity index (χ0) is 13.2. The van der Waals surface area contributed by atoms with Gasteiger partial charge in [0.05, 0.1) is 19.3 Å². The van der Waals surface area contributed by atoms with E-state index in [-0.39, 0.29) is 5.69 Å². The quantitative estimate of drug-likeness (QED) is 0.813. The second-order valence-corrected chi connectivity index (χ2v) is 4.49. The molecule has 100 valence electrons. The summed E-state index contributed by atoms with van der Waals surface area (Å²) in [6.07, 6.45) is 5.26. The Morgan fingerprint density at radius 2 is 2.26 bits per heavy atom. The fourth-order valence-electron chi connectivity index (χ4n) is 2.16. The Labute approximate surface area is 109 Å². The first-order valence-electron chi connectivity index (χ1n) is 6.08. The Morgan fingerprint density at radius 3 is 3.05 bits per heavy atom. The number of carboxylic acids is 1. The van der Waals surface area contributed by atoms with E-state index < -0.39 is 5.97 Å². The van der Waals surface area contributed by atoms with Crippen molar-refractivity contribution in [2.45, 2.75) is 19.6 Å². The zero-order valence-corrected chi connectivity index (χ0v) is 10.3. The molecule has 0 aliphatic carbocycles. The summed E-state index contributed by atoms with van der Waals surface area (Å²) in [5.41, 5.74) is -0.0193. The third-order valence-electron chi connectivity index (χ3n) is 3.23. The molecule has 3 rings (SSSR count). The molecule has 0 fully saturated rings. The number of aromatic nitrogens is 5. The fraction of sp³-hybridized carbons (Fsp3) is 0.455. The van der Waals surface area contributed by atoms with E-state index in [1.54, 1.807) is 4.68 Å². The molecule has 0 unspecified atom stereocenters. The molecule has 1 aliphatic rings. The molecule has 19 heavy (non-hydrogen) atoms. The van der Waals surface area contributed by atoms with Crippen molar-refractivity contribution in [2.24, 2.45) is 0 Å². The van der Waals surface area contributed by atoms with Gasteiger partial charge in [-0.3, -0.25) is 9.58 Å². The SMILES string of the molecule is O=C(O)c1cn(CCN2CCn3ccnc3C2)nn1. The van der Waals surface area contributed by atoms with Crippen LogP contribution in [0.1, 0.15) is 16.3 Å². The number of fused-ring (bicyclic) bond motifs is 1. The summed E-state index contributed by atoms with van der Waals surface area (Å²) in [6, 6.07) is 0. The second kappa shape index (κ2) is 4.81. The number of nitrogens with zero attached hydrogens (tertiary/aromatic N) is 6. The van der Waals surface area contributed by atoms with Crippen LogP contribution in [-0.2, 0) is 19.6 Å². The van der Waals surface area contributed by atoms with Gasteiger partial charge in [0, 0.05) is 32.0 Å². The van der Waals surface area contributed by atoms with E-state index in [2.05, 4.69) is 24.8 Å². The van der Waals surface area contributed by atoms with Crippen LogP contribution in [0, 0.1) is 0 Å². The molecule has 1 N–H and O–H groups in total. The molecule has 8 nitrogen and oxygen atoms in total. The summed E-state index contributed by atoms with van der Waals surface area (Å²) >= 11 is 0. The van der Waals surface area contributed by atoms with Crippen molar-refractivity contribution >= 4 is 5.97 Å². The minimum Gasteiger partial charge on any atom is -0.476 e. The molecule has 8 heteroatoms. The minimum absolute atomic E-state index is 0.0193. The van der Waals surface area contributed by atoms with Crippen molar-refractivity contribution in [1.82, 2.24) is 29.4 Å². The third kappa shape index (κ3) is 2.48. The Kier molecular flexibility index (Phi) is 3.00. The van der Waals surface area contributed by atoms with E-state index in [4.69, 9.17) is 5.11 Å². The number of imidazole rings is 1. The van der Waals surface area contributed by atoms with Gasteiger partial charge in [0.15, 0.2) is 5.69 Å². The molecule has 0 bridgehead atoms. The summed E-state index contributed by atoms with van der Waals surface area (Å²) in [7, 11) is 0. The van der Waals surface area contributed by atoms with Gasteiger partial charge >= 0.3 is 5.97 Å². The van der Waals surface area contributed by atoms with E-state index in [1.165, 1.54) is 6.20 Å². The first-order valence-corrected chi connectivity index (χ1v) is 6.08. The maximum atomic E-state index is 10.7. The highest BCUT2D eigenvalue weighted by atomic mass is 16.4. The number of carbonyl (C=O) groups is 1. The van der Waals surface area contributed by atoms with Gasteiger partial charge in [0.25, 0.3) is 0 Å². The predicted molar refractivity (Wildman–Crippen MR) is 64.5 cm³/mol. The minimum atomic E-state index is -1.05. The van der Waals surface area contributed by atoms with Crippen molar-refractivity contribution in [3.05, 3.63) is 30.1 Å². The van der Waals surface area contributed by atoms with Crippen molar-refractivity contribution in [1.29, 1.82) is 0 Å². The van der Waals surface area contributed by atoms with Crippen LogP contribution in [0.15, 0.2) is 18.6 Å². The summed E-state index contributed by atoms with van der Waals surface area (Å²) < 4.78 is 3.71. The lowest BCUT2D eigenvalue weighted by molar-refractivity contribution is 0.0690. The number of hydrogen-bond acceptors (Lipinski definition) is 5. The topological polar surface area (TPSA) is 89.1 Å². The summed E-state index contributed by atoms with van der Waals surface area (Å²) in [5, 5.41) is 16.1. The van der Waals surface area contributed by atoms with E-state index in [0.717, 1.165) is 32.0 Å². The highest BCUT2D eigenvalue weighted by Gasteiger charge is 2.16. The van der Waals surface area contributed by atoms with Crippen molar-refractivity contribution in [3.8, 4) is 0 Å². The Morgan fingerprint density at radius 1 is 1.37 bits per heavy atom. The van der Waals surface area contributed by atoms with Crippen LogP contribution < -0.4 is 0 Å². The number of hydrogen-bond donors (Lipinski definition) is 1. The summed E-state index contributed by atoms with van der Waals surface area (Å²) in [6.45, 7) is 4.14. The van der Waals surface area contributed by atoms with Crippen LogP contribution in [0.25, 0.3) is 0 Å². The van der Waals surface area contributed by atoms with E-state index >= 15 is 0 Å². The number of carboxylic acid groups (broad SMARTS) is 1. The molecule has 0 saturated heterocycles. The standard InChI is InChI=1S/C11H14N6O2/c18-11(19)9-7-17(14-13-9)6-4-15-3-5-16-2-1-12-10(16)8-15/h1-2,7H,3-6,8H2,(H,18,19). The summed E-state index contributed by atoms with van der Waals surface area (Å²) in [5.74, 6) is 0.0160. The van der Waals surface area contributed by atoms with E-state index in [0.29, 0.717) is 6.54 Å². The Hall–Kier alpha value is -2.22. The molecule has 0 atom stereocenters. The first-order chi connectivity index (χ1) is 9.22. The second-order valence-electron chi connectivity index (χ2n) is 4.49. The van der Waals surface area contributed by atoms with Gasteiger partial charge in [0.1, 0.15) is 5.82 Å². The van der Waals surface area contributed by atoms with Crippen LogP contribution in [0.4, 0.5) is 0 Å². The lowest BCUT2D eigenvalue weighted by Gasteiger charge is -2.27. The van der Waals surface area contributed by atoms with E-state index in [1.807, 2.05) is 12.4 Å². The number of aromatic carboxylic acids is 1. The molecular formula is C11H14N6O2. The van der Waals surface area contributed by atoms with Gasteiger partial charge in [-0.2, -0.15) is 0 Å². The molecule has 0 amide bonds. The van der Waals surface area contributed by atoms with Gasteiger partial charge < -0.3 is 9.67 Å². The lowest BCUT2D eigenvalue weighted by Crippen LogP contribution is -2.35. The van der Waals surface area contributed by atoms with Crippen LogP contribution in [0.2, 0.25) is 0 Å². The maximum Gasteiger partial charge on any atom is 0.358 e. The van der Waals surface area contributed by atoms with Gasteiger partial charge in [-0.1, -0.05) is 5.21 Å². The Bertz CT molecular complexity index is 590. The normalized spacial score (nSPS) is 15.4. The molecular weight excluding hydrogens is 248 g/mol. The first kappa shape index (κ1) is 11.8. The molecule has 0 radical (unpaired) electrons. The molecule has 3 heterocycles. The van der Waals surface area contributed by atoms with Crippen molar-refractivity contribution < 1.29 is 9.90 Å². The smallest absolute Gasteiger partial charge is 0.358 e. The highest BCUT2D eigenvalue weighted by molar-refractivity contribution is 5.84. The van der Waals surface area contributed by atoms with Crippen molar-refractivity contribution in [3.63, 3.8) is 0 Å². The molecule has 0 aromatic carbocycles. The summed E-state index contributed by atoms with van der Waals surface area (Å²) in [4.78, 5) is 17.3. The van der Waals surface area contributed by atoms with Crippen LogP contribution in [-0.4, -0.2) is 53.6 Å². The Balaban J connectivity index is 1.57. The molecule has 1 aliphatic heterocycles. The van der Waals surface area contributed by atoms with Gasteiger partial charge in [-0.05, 0) is 0 Å². The van der Waals surface area contributed by atoms with E-state index in [9.17, 15) is 4.79 Å². The molecule has 2 aromatic heterocycles. The van der Waals surface area contributed by atoms with Crippen LogP contribution in [0.3, 0.4) is 0 Å². The molecule has 2 aromatic rings. The fourth-order valence-corrected chi connectivity index (χ4v) is 2.16. The number of rotatable bonds is 4. The average molecular weight is 262 g/mol. The average Bonchev–Trinajstić information content (AvgIpc) is 3.04. The van der Waals surface area contributed by atoms with Gasteiger partial charge in [-0.15, -0.1) is 5.10 Å². The highest BCUT2D eigenvalue weighted by Crippen LogP contribution is 2.09. The molecule has 0 saturated carbocycles. The predicted octanol–water partition coefficient (Wildman–Crippen LogP) is -0.311. The van der Waals surface area contributed by atoms with Crippen LogP contribution >= 0.6 is 0 Å². The zero-order valence-electron chi connectivity index (χ0n) is 10.3. The van der Waals surface area contributed by atoms with Gasteiger partial charge in [0.2, 0.25) is 0 Å². The monoisotopic (exact) mass is 262 g/mol. The van der Waals surface area contributed by atoms with Crippen LogP contribution in [0.5, 0.6) is 0 Å². The van der Waals surface area contributed by atoms with Crippen molar-refractivity contribution in [2.75, 3.05) is 13.1 Å². The third-order valence-corrected chi connectivity index (χ3v) is 3.23. The molecule has 0 spiro atoms. The van der Waals surface area contributed by atoms with Gasteiger partial charge in [-0.25, -0.2) is 9.78 Å². The largest absolute Gasteiger partial charge is 0.476 e.